The number of hydrogen-bond donors (Lipinski definition) is 1. The fraction of sp³-hybridized carbons (Fsp3) is 0.600. The van der Waals surface area contributed by atoms with Gasteiger partial charge in [0.05, 0.1) is 18.6 Å². The molecule has 0 saturated carbocycles. The molecule has 0 bridgehead atoms. The first-order valence-electron chi connectivity index (χ1n) is 7.50. The maximum Gasteiger partial charge on any atom is 0.0951 e. The number of nitrogens with zero attached hydrogens (tertiary/aromatic N) is 4. The monoisotopic (exact) mass is 273 g/mol. The van der Waals surface area contributed by atoms with E-state index in [-0.39, 0.29) is 0 Å². The largest absolute Gasteiger partial charge is 0.330 e. The molecule has 1 atom stereocenters. The van der Waals surface area contributed by atoms with Crippen molar-refractivity contribution in [2.45, 2.75) is 38.6 Å². The Labute approximate surface area is 120 Å². The van der Waals surface area contributed by atoms with Crippen LogP contribution in [-0.2, 0) is 20.0 Å². The lowest BCUT2D eigenvalue weighted by Crippen LogP contribution is -2.29. The van der Waals surface area contributed by atoms with Crippen LogP contribution in [0.25, 0.3) is 0 Å². The summed E-state index contributed by atoms with van der Waals surface area (Å²) in [6.45, 7) is 5.25. The number of piperidine rings is 1. The molecule has 2 aromatic rings. The second-order valence-corrected chi connectivity index (χ2v) is 5.62. The topological polar surface area (TPSA) is 47.7 Å². The van der Waals surface area contributed by atoms with Crippen LogP contribution in [0, 0.1) is 0 Å². The summed E-state index contributed by atoms with van der Waals surface area (Å²) < 4.78 is 4.20. The number of nitrogens with one attached hydrogen (secondary N) is 1. The van der Waals surface area contributed by atoms with Gasteiger partial charge in [0.15, 0.2) is 0 Å². The second kappa shape index (κ2) is 5.79. The lowest BCUT2D eigenvalue weighted by molar-refractivity contribution is 0.444. The van der Waals surface area contributed by atoms with Crippen LogP contribution in [0.15, 0.2) is 18.7 Å². The smallest absolute Gasteiger partial charge is 0.0951 e. The third-order valence-electron chi connectivity index (χ3n) is 4.13. The molecule has 1 saturated heterocycles. The zero-order valence-electron chi connectivity index (χ0n) is 12.3. The van der Waals surface area contributed by atoms with Crippen LogP contribution in [0.4, 0.5) is 0 Å². The van der Waals surface area contributed by atoms with Crippen LogP contribution >= 0.6 is 0 Å². The van der Waals surface area contributed by atoms with E-state index in [1.807, 2.05) is 24.3 Å². The Bertz CT molecular complexity index is 563. The van der Waals surface area contributed by atoms with Crippen molar-refractivity contribution in [1.82, 2.24) is 24.6 Å². The van der Waals surface area contributed by atoms with E-state index in [0.29, 0.717) is 5.92 Å². The Kier molecular flexibility index (Phi) is 3.87. The average Bonchev–Trinajstić information content (AvgIpc) is 3.07. The van der Waals surface area contributed by atoms with E-state index in [1.165, 1.54) is 29.8 Å². The van der Waals surface area contributed by atoms with Crippen LogP contribution < -0.4 is 5.32 Å². The lowest BCUT2D eigenvalue weighted by Gasteiger charge is -2.23. The molecule has 0 aliphatic carbocycles. The summed E-state index contributed by atoms with van der Waals surface area (Å²) in [6, 6.07) is 0. The highest BCUT2D eigenvalue weighted by Crippen LogP contribution is 2.23. The molecule has 1 unspecified atom stereocenters. The molecule has 20 heavy (non-hydrogen) atoms. The number of rotatable bonds is 4. The molecule has 0 radical (unpaired) electrons. The van der Waals surface area contributed by atoms with E-state index in [1.54, 1.807) is 0 Å². The molecule has 3 heterocycles. The van der Waals surface area contributed by atoms with Gasteiger partial charge in [-0.1, -0.05) is 6.92 Å². The first-order valence-corrected chi connectivity index (χ1v) is 7.50. The zero-order valence-corrected chi connectivity index (χ0v) is 12.3. The lowest BCUT2D eigenvalue weighted by atomic mass is 9.96. The van der Waals surface area contributed by atoms with Crippen LogP contribution in [0.2, 0.25) is 0 Å². The number of aryl methyl sites for hydroxylation is 2. The molecular formula is C15H23N5. The van der Waals surface area contributed by atoms with Gasteiger partial charge >= 0.3 is 0 Å². The molecule has 0 aromatic carbocycles. The Morgan fingerprint density at radius 1 is 1.45 bits per heavy atom. The first-order chi connectivity index (χ1) is 9.78. The van der Waals surface area contributed by atoms with E-state index in [2.05, 4.69) is 33.1 Å². The van der Waals surface area contributed by atoms with Crippen molar-refractivity contribution in [3.8, 4) is 0 Å². The van der Waals surface area contributed by atoms with Crippen LogP contribution in [0.1, 0.15) is 42.6 Å². The third kappa shape index (κ3) is 2.63. The van der Waals surface area contributed by atoms with Crippen molar-refractivity contribution < 1.29 is 0 Å². The highest BCUT2D eigenvalue weighted by Gasteiger charge is 2.19. The Hall–Kier alpha value is -1.62. The third-order valence-corrected chi connectivity index (χ3v) is 4.13. The fourth-order valence-corrected chi connectivity index (χ4v) is 3.10. The summed E-state index contributed by atoms with van der Waals surface area (Å²) in [5, 5.41) is 8.01. The molecule has 1 aliphatic heterocycles. The van der Waals surface area contributed by atoms with E-state index in [4.69, 9.17) is 0 Å². The molecule has 3 rings (SSSR count). The molecule has 0 spiro atoms. The van der Waals surface area contributed by atoms with Gasteiger partial charge in [-0.25, -0.2) is 4.98 Å². The van der Waals surface area contributed by atoms with Gasteiger partial charge in [-0.3, -0.25) is 4.68 Å². The maximum absolute atomic E-state index is 4.52. The summed E-state index contributed by atoms with van der Waals surface area (Å²) in [4.78, 5) is 4.36. The van der Waals surface area contributed by atoms with Gasteiger partial charge in [-0.15, -0.1) is 0 Å². The molecule has 108 valence electrons. The van der Waals surface area contributed by atoms with Crippen molar-refractivity contribution in [2.75, 3.05) is 13.1 Å². The van der Waals surface area contributed by atoms with Gasteiger partial charge in [0.1, 0.15) is 0 Å². The molecular weight excluding hydrogens is 250 g/mol. The zero-order chi connectivity index (χ0) is 13.9. The Balaban J connectivity index is 1.82. The van der Waals surface area contributed by atoms with Gasteiger partial charge in [-0.2, -0.15) is 5.10 Å². The summed E-state index contributed by atoms with van der Waals surface area (Å²) in [6.07, 6.45) is 9.60. The summed E-state index contributed by atoms with van der Waals surface area (Å²) in [5.74, 6) is 0.591. The van der Waals surface area contributed by atoms with E-state index in [0.717, 1.165) is 26.1 Å². The minimum atomic E-state index is 0.591. The maximum atomic E-state index is 4.52. The molecule has 1 N–H and O–H groups in total. The normalized spacial score (nSPS) is 19.4. The number of hydrogen-bond acceptors (Lipinski definition) is 3. The van der Waals surface area contributed by atoms with Crippen LogP contribution in [-0.4, -0.2) is 32.4 Å². The predicted molar refractivity (Wildman–Crippen MR) is 78.8 cm³/mol. The van der Waals surface area contributed by atoms with Gasteiger partial charge < -0.3 is 9.88 Å². The number of imidazole rings is 1. The van der Waals surface area contributed by atoms with Crippen molar-refractivity contribution in [1.29, 1.82) is 0 Å². The quantitative estimate of drug-likeness (QED) is 0.922. The SMILES string of the molecule is CCc1nn(C)cc1Cn1cncc1C1CCCNC1. The van der Waals surface area contributed by atoms with Gasteiger partial charge in [0.25, 0.3) is 0 Å². The summed E-state index contributed by atoms with van der Waals surface area (Å²) in [5.41, 5.74) is 3.84. The summed E-state index contributed by atoms with van der Waals surface area (Å²) >= 11 is 0. The first kappa shape index (κ1) is 13.4. The van der Waals surface area contributed by atoms with Crippen LogP contribution in [0.3, 0.4) is 0 Å². The second-order valence-electron chi connectivity index (χ2n) is 5.62. The van der Waals surface area contributed by atoms with Gasteiger partial charge in [0, 0.05) is 43.2 Å². The highest BCUT2D eigenvalue weighted by molar-refractivity contribution is 5.19. The van der Waals surface area contributed by atoms with E-state index >= 15 is 0 Å². The van der Waals surface area contributed by atoms with Crippen LogP contribution in [0.5, 0.6) is 0 Å². The molecule has 1 aliphatic rings. The van der Waals surface area contributed by atoms with Gasteiger partial charge in [-0.05, 0) is 25.8 Å². The summed E-state index contributed by atoms with van der Waals surface area (Å²) in [7, 11) is 1.99. The van der Waals surface area contributed by atoms with Crippen molar-refractivity contribution in [3.63, 3.8) is 0 Å². The molecule has 0 amide bonds. The fourth-order valence-electron chi connectivity index (χ4n) is 3.10. The predicted octanol–water partition coefficient (Wildman–Crippen LogP) is 1.69. The number of aromatic nitrogens is 4. The van der Waals surface area contributed by atoms with Gasteiger partial charge in [0.2, 0.25) is 0 Å². The van der Waals surface area contributed by atoms with Crippen molar-refractivity contribution in [2.24, 2.45) is 7.05 Å². The minimum Gasteiger partial charge on any atom is -0.330 e. The molecule has 5 heteroatoms. The standard InChI is InChI=1S/C15H23N5/c1-3-14-13(9-19(2)18-14)10-20-11-17-8-15(20)12-5-4-6-16-7-12/h8-9,11-12,16H,3-7,10H2,1-2H3. The molecule has 1 fully saturated rings. The van der Waals surface area contributed by atoms with E-state index < -0.39 is 0 Å². The van der Waals surface area contributed by atoms with Crippen molar-refractivity contribution in [3.05, 3.63) is 35.7 Å². The average molecular weight is 273 g/mol. The minimum absolute atomic E-state index is 0.591. The highest BCUT2D eigenvalue weighted by atomic mass is 15.3. The molecule has 5 nitrogen and oxygen atoms in total. The van der Waals surface area contributed by atoms with Crippen molar-refractivity contribution >= 4 is 0 Å². The Morgan fingerprint density at radius 2 is 2.35 bits per heavy atom. The Morgan fingerprint density at radius 3 is 3.10 bits per heavy atom. The molecule has 2 aromatic heterocycles. The van der Waals surface area contributed by atoms with E-state index in [9.17, 15) is 0 Å².